The van der Waals surface area contributed by atoms with Gasteiger partial charge in [-0.05, 0) is 29.8 Å². The Hall–Kier alpha value is -2.10. The molecule has 1 heterocycles. The maximum atomic E-state index is 11.6. The number of halogens is 1. The summed E-state index contributed by atoms with van der Waals surface area (Å²) in [5.74, 6) is 1.27. The predicted molar refractivity (Wildman–Crippen MR) is 78.1 cm³/mol. The maximum absolute atomic E-state index is 11.6. The van der Waals surface area contributed by atoms with Gasteiger partial charge in [-0.25, -0.2) is 9.59 Å². The van der Waals surface area contributed by atoms with Crippen LogP contribution in [-0.4, -0.2) is 23.9 Å². The largest absolute Gasteiger partial charge is 0.465 e. The van der Waals surface area contributed by atoms with Gasteiger partial charge in [0, 0.05) is 17.2 Å². The molecule has 0 atom stereocenters. The molecule has 0 saturated carbocycles. The van der Waals surface area contributed by atoms with E-state index in [9.17, 15) is 9.59 Å². The number of nitrogens with zero attached hydrogens (tertiary/aromatic N) is 1. The topological polar surface area (TPSA) is 46.6 Å². The molecule has 1 aromatic carbocycles. The lowest BCUT2D eigenvalue weighted by atomic mass is 10.1. The van der Waals surface area contributed by atoms with Gasteiger partial charge in [0.1, 0.15) is 5.70 Å². The Morgan fingerprint density at radius 2 is 2.25 bits per heavy atom. The lowest BCUT2D eigenvalue weighted by Gasteiger charge is -2.24. The predicted octanol–water partition coefficient (Wildman–Crippen LogP) is 2.59. The van der Waals surface area contributed by atoms with Gasteiger partial charge in [0.25, 0.3) is 0 Å². The van der Waals surface area contributed by atoms with Crippen LogP contribution in [0.1, 0.15) is 5.56 Å². The van der Waals surface area contributed by atoms with Crippen LogP contribution in [0.15, 0.2) is 58.4 Å². The molecule has 20 heavy (non-hydrogen) atoms. The van der Waals surface area contributed by atoms with E-state index in [1.807, 2.05) is 30.2 Å². The van der Waals surface area contributed by atoms with E-state index in [1.54, 1.807) is 23.3 Å². The third-order valence-electron chi connectivity index (χ3n) is 2.82. The molecule has 0 spiro atoms. The van der Waals surface area contributed by atoms with Crippen molar-refractivity contribution >= 4 is 27.8 Å². The molecule has 0 amide bonds. The van der Waals surface area contributed by atoms with Crippen molar-refractivity contribution < 1.29 is 14.3 Å². The van der Waals surface area contributed by atoms with E-state index in [-0.39, 0.29) is 11.3 Å². The number of hydrogen-bond acceptors (Lipinski definition) is 4. The number of methoxy groups -OCH3 is 1. The number of carbonyl (C=O) groups is 1. The van der Waals surface area contributed by atoms with Gasteiger partial charge in [-0.2, -0.15) is 0 Å². The van der Waals surface area contributed by atoms with Crippen LogP contribution in [0.5, 0.6) is 0 Å². The maximum Gasteiger partial charge on any atom is 0.340 e. The van der Waals surface area contributed by atoms with Gasteiger partial charge in [-0.3, -0.25) is 0 Å². The average molecular weight is 334 g/mol. The van der Waals surface area contributed by atoms with Gasteiger partial charge in [0.2, 0.25) is 0 Å². The fourth-order valence-corrected chi connectivity index (χ4v) is 2.35. The quantitative estimate of drug-likeness (QED) is 0.630. The molecule has 0 unspecified atom stereocenters. The molecule has 0 aliphatic carbocycles. The molecule has 1 aromatic rings. The standard InChI is InChI=1S/C15H12BrNO3/c1-20-15(19)13-6-3-7-17(14(13)10-18)9-11-4-2-5-12(16)8-11/h2-8H,9H2,1H3. The lowest BCUT2D eigenvalue weighted by molar-refractivity contribution is -0.135. The van der Waals surface area contributed by atoms with E-state index in [1.165, 1.54) is 7.11 Å². The molecule has 0 saturated heterocycles. The molecular formula is C15H12BrNO3. The molecule has 0 fully saturated rings. The van der Waals surface area contributed by atoms with E-state index in [4.69, 9.17) is 0 Å². The van der Waals surface area contributed by atoms with Crippen molar-refractivity contribution in [2.75, 3.05) is 7.11 Å². The monoisotopic (exact) mass is 333 g/mol. The molecule has 1 aliphatic rings. The summed E-state index contributed by atoms with van der Waals surface area (Å²) in [7, 11) is 1.28. The van der Waals surface area contributed by atoms with Gasteiger partial charge in [-0.15, -0.1) is 0 Å². The molecular weight excluding hydrogens is 322 g/mol. The van der Waals surface area contributed by atoms with Crippen LogP contribution >= 0.6 is 15.9 Å². The molecule has 5 heteroatoms. The second-order valence-electron chi connectivity index (χ2n) is 4.12. The van der Waals surface area contributed by atoms with Gasteiger partial charge in [0.15, 0.2) is 5.94 Å². The Bertz CT molecular complexity index is 642. The smallest absolute Gasteiger partial charge is 0.340 e. The van der Waals surface area contributed by atoms with Crippen molar-refractivity contribution in [2.45, 2.75) is 6.54 Å². The van der Waals surface area contributed by atoms with Crippen molar-refractivity contribution in [2.24, 2.45) is 0 Å². The van der Waals surface area contributed by atoms with Crippen LogP contribution in [0.3, 0.4) is 0 Å². The van der Waals surface area contributed by atoms with Crippen molar-refractivity contribution in [3.05, 3.63) is 63.9 Å². The number of esters is 1. The number of benzene rings is 1. The highest BCUT2D eigenvalue weighted by Gasteiger charge is 2.23. The Labute approximate surface area is 125 Å². The van der Waals surface area contributed by atoms with E-state index in [0.717, 1.165) is 10.0 Å². The number of ether oxygens (including phenoxy) is 1. The van der Waals surface area contributed by atoms with Crippen molar-refractivity contribution in [1.29, 1.82) is 0 Å². The molecule has 2 rings (SSSR count). The van der Waals surface area contributed by atoms with Crippen molar-refractivity contribution in [1.82, 2.24) is 4.90 Å². The summed E-state index contributed by atoms with van der Waals surface area (Å²) in [6, 6.07) is 7.73. The Morgan fingerprint density at radius 3 is 2.90 bits per heavy atom. The zero-order valence-electron chi connectivity index (χ0n) is 10.8. The minimum absolute atomic E-state index is 0.180. The number of carbonyl (C=O) groups excluding carboxylic acids is 2. The highest BCUT2D eigenvalue weighted by atomic mass is 79.9. The SMILES string of the molecule is COC(=O)C1=CC=CN(Cc2cccc(Br)c2)C1=C=O. The normalized spacial score (nSPS) is 13.8. The minimum Gasteiger partial charge on any atom is -0.465 e. The van der Waals surface area contributed by atoms with E-state index in [2.05, 4.69) is 20.7 Å². The van der Waals surface area contributed by atoms with Crippen molar-refractivity contribution in [3.8, 4) is 0 Å². The van der Waals surface area contributed by atoms with Crippen LogP contribution < -0.4 is 0 Å². The van der Waals surface area contributed by atoms with Crippen molar-refractivity contribution in [3.63, 3.8) is 0 Å². The first-order valence-electron chi connectivity index (χ1n) is 5.89. The fourth-order valence-electron chi connectivity index (χ4n) is 1.90. The fraction of sp³-hybridized carbons (Fsp3) is 0.133. The van der Waals surface area contributed by atoms with Gasteiger partial charge >= 0.3 is 5.97 Å². The summed E-state index contributed by atoms with van der Waals surface area (Å²) in [5.41, 5.74) is 1.39. The van der Waals surface area contributed by atoms with E-state index < -0.39 is 5.97 Å². The van der Waals surface area contributed by atoms with E-state index in [0.29, 0.717) is 6.54 Å². The second-order valence-corrected chi connectivity index (χ2v) is 5.04. The summed E-state index contributed by atoms with van der Waals surface area (Å²) in [4.78, 5) is 24.5. The first kappa shape index (κ1) is 14.3. The first-order valence-corrected chi connectivity index (χ1v) is 6.68. The average Bonchev–Trinajstić information content (AvgIpc) is 2.46. The molecule has 0 bridgehead atoms. The summed E-state index contributed by atoms with van der Waals surface area (Å²) in [6.45, 7) is 0.467. The molecule has 102 valence electrons. The second kappa shape index (κ2) is 6.37. The Morgan fingerprint density at radius 1 is 1.45 bits per heavy atom. The third-order valence-corrected chi connectivity index (χ3v) is 3.31. The molecule has 4 nitrogen and oxygen atoms in total. The van der Waals surface area contributed by atoms with Gasteiger partial charge in [-0.1, -0.05) is 28.1 Å². The Kier molecular flexibility index (Phi) is 4.56. The lowest BCUT2D eigenvalue weighted by Crippen LogP contribution is -2.24. The summed E-state index contributed by atoms with van der Waals surface area (Å²) >= 11 is 3.40. The molecule has 0 radical (unpaired) electrons. The van der Waals surface area contributed by atoms with Crippen LogP contribution in [0.2, 0.25) is 0 Å². The number of rotatable bonds is 3. The number of hydrogen-bond donors (Lipinski definition) is 0. The zero-order chi connectivity index (χ0) is 14.5. The van der Waals surface area contributed by atoms with Crippen LogP contribution in [0.4, 0.5) is 0 Å². The highest BCUT2D eigenvalue weighted by molar-refractivity contribution is 9.10. The first-order chi connectivity index (χ1) is 9.65. The summed E-state index contributed by atoms with van der Waals surface area (Å²) in [6.07, 6.45) is 4.97. The van der Waals surface area contributed by atoms with Gasteiger partial charge in [0.05, 0.1) is 12.7 Å². The van der Waals surface area contributed by atoms with Gasteiger partial charge < -0.3 is 9.64 Å². The van der Waals surface area contributed by atoms with Crippen LogP contribution in [0.25, 0.3) is 0 Å². The van der Waals surface area contributed by atoms with E-state index >= 15 is 0 Å². The molecule has 0 N–H and O–H groups in total. The summed E-state index contributed by atoms with van der Waals surface area (Å²) < 4.78 is 5.62. The van der Waals surface area contributed by atoms with Crippen LogP contribution in [0, 0.1) is 0 Å². The molecule has 1 aliphatic heterocycles. The minimum atomic E-state index is -0.549. The zero-order valence-corrected chi connectivity index (χ0v) is 12.4. The third kappa shape index (κ3) is 3.07. The molecule has 0 aromatic heterocycles. The summed E-state index contributed by atoms with van der Waals surface area (Å²) in [5, 5.41) is 0. The Balaban J connectivity index is 2.26. The number of allylic oxidation sites excluding steroid dienone is 2. The van der Waals surface area contributed by atoms with Crippen LogP contribution in [-0.2, 0) is 20.9 Å². The highest BCUT2D eigenvalue weighted by Crippen LogP contribution is 2.22.